The van der Waals surface area contributed by atoms with Gasteiger partial charge in [-0.05, 0) is 23.8 Å². The van der Waals surface area contributed by atoms with Crippen molar-refractivity contribution in [3.8, 4) is 5.75 Å². The van der Waals surface area contributed by atoms with E-state index >= 15 is 0 Å². The number of hydrogen-bond acceptors (Lipinski definition) is 5. The molecular formula is C10H10O6S. The van der Waals surface area contributed by atoms with E-state index in [0.29, 0.717) is 11.8 Å². The number of benzene rings is 1. The molecule has 0 aliphatic rings. The van der Waals surface area contributed by atoms with Crippen LogP contribution in [0.15, 0.2) is 30.0 Å². The van der Waals surface area contributed by atoms with Gasteiger partial charge in [0.05, 0.1) is 7.11 Å². The molecule has 1 aromatic carbocycles. The zero-order valence-corrected chi connectivity index (χ0v) is 9.68. The summed E-state index contributed by atoms with van der Waals surface area (Å²) in [6.45, 7) is 0. The van der Waals surface area contributed by atoms with Gasteiger partial charge in [-0.3, -0.25) is 9.35 Å². The van der Waals surface area contributed by atoms with Crippen molar-refractivity contribution < 1.29 is 26.7 Å². The summed E-state index contributed by atoms with van der Waals surface area (Å²) in [7, 11) is -3.16. The van der Waals surface area contributed by atoms with Crippen LogP contribution in [0.4, 0.5) is 0 Å². The Morgan fingerprint density at radius 2 is 1.88 bits per heavy atom. The zero-order valence-electron chi connectivity index (χ0n) is 8.86. The Balaban J connectivity index is 2.88. The third-order valence-electron chi connectivity index (χ3n) is 1.74. The molecule has 0 spiro atoms. The van der Waals surface area contributed by atoms with Crippen LogP contribution in [0.5, 0.6) is 5.75 Å². The van der Waals surface area contributed by atoms with Crippen molar-refractivity contribution in [1.82, 2.24) is 0 Å². The second kappa shape index (κ2) is 5.46. The van der Waals surface area contributed by atoms with Gasteiger partial charge < -0.3 is 8.92 Å². The van der Waals surface area contributed by atoms with Crippen LogP contribution in [0.1, 0.15) is 5.56 Å². The van der Waals surface area contributed by atoms with Crippen molar-refractivity contribution >= 4 is 22.8 Å². The highest BCUT2D eigenvalue weighted by Gasteiger charge is 2.06. The lowest BCUT2D eigenvalue weighted by molar-refractivity contribution is -0.107. The van der Waals surface area contributed by atoms with Gasteiger partial charge in [0, 0.05) is 0 Å². The average Bonchev–Trinajstić information content (AvgIpc) is 2.26. The van der Waals surface area contributed by atoms with E-state index in [2.05, 4.69) is 4.18 Å². The van der Waals surface area contributed by atoms with Gasteiger partial charge >= 0.3 is 10.4 Å². The van der Waals surface area contributed by atoms with E-state index in [1.807, 2.05) is 0 Å². The number of allylic oxidation sites excluding steroid dienone is 1. The molecule has 0 atom stereocenters. The van der Waals surface area contributed by atoms with Crippen molar-refractivity contribution in [1.29, 1.82) is 0 Å². The topological polar surface area (TPSA) is 89.9 Å². The normalized spacial score (nSPS) is 12.0. The number of ether oxygens (including phenoxy) is 1. The Morgan fingerprint density at radius 1 is 1.29 bits per heavy atom. The predicted octanol–water partition coefficient (Wildman–Crippen LogP) is 1.05. The van der Waals surface area contributed by atoms with Gasteiger partial charge in [-0.2, -0.15) is 8.42 Å². The Morgan fingerprint density at radius 3 is 2.29 bits per heavy atom. The molecule has 92 valence electrons. The first kappa shape index (κ1) is 13.2. The van der Waals surface area contributed by atoms with Gasteiger partial charge in [0.25, 0.3) is 0 Å². The number of methoxy groups -OCH3 is 1. The molecule has 17 heavy (non-hydrogen) atoms. The Bertz CT molecular complexity index is 514. The first-order valence-corrected chi connectivity index (χ1v) is 5.79. The molecule has 7 heteroatoms. The third-order valence-corrected chi connectivity index (χ3v) is 2.15. The quantitative estimate of drug-likeness (QED) is 0.367. The highest BCUT2D eigenvalue weighted by Crippen LogP contribution is 2.15. The van der Waals surface area contributed by atoms with Crippen molar-refractivity contribution in [2.45, 2.75) is 0 Å². The zero-order chi connectivity index (χ0) is 12.9. The van der Waals surface area contributed by atoms with Crippen LogP contribution in [0.3, 0.4) is 0 Å². The lowest BCUT2D eigenvalue weighted by Gasteiger charge is -2.02. The van der Waals surface area contributed by atoms with E-state index in [0.717, 1.165) is 0 Å². The van der Waals surface area contributed by atoms with E-state index in [9.17, 15) is 13.2 Å². The van der Waals surface area contributed by atoms with Gasteiger partial charge in [0.2, 0.25) is 0 Å². The summed E-state index contributed by atoms with van der Waals surface area (Å²) < 4.78 is 38.2. The molecule has 0 radical (unpaired) electrons. The highest BCUT2D eigenvalue weighted by atomic mass is 32.3. The van der Waals surface area contributed by atoms with Crippen LogP contribution in [0.25, 0.3) is 6.08 Å². The van der Waals surface area contributed by atoms with E-state index < -0.39 is 10.4 Å². The van der Waals surface area contributed by atoms with E-state index in [4.69, 9.17) is 9.29 Å². The van der Waals surface area contributed by atoms with E-state index in [1.54, 1.807) is 0 Å². The first-order valence-electron chi connectivity index (χ1n) is 4.42. The molecule has 0 amide bonds. The maximum absolute atomic E-state index is 10.5. The summed E-state index contributed by atoms with van der Waals surface area (Å²) in [6.07, 6.45) is 2.01. The molecule has 0 bridgehead atoms. The standard InChI is InChI=1S/C10H10O6S/c1-15-10(7-11)6-8-2-4-9(5-3-8)16-17(12,13)14/h2-7H,1H3,(H,12,13,14). The van der Waals surface area contributed by atoms with Crippen LogP contribution in [0, 0.1) is 0 Å². The van der Waals surface area contributed by atoms with Crippen molar-refractivity contribution in [3.63, 3.8) is 0 Å². The van der Waals surface area contributed by atoms with Crippen LogP contribution < -0.4 is 4.18 Å². The first-order chi connectivity index (χ1) is 7.94. The molecular weight excluding hydrogens is 248 g/mol. The summed E-state index contributed by atoms with van der Waals surface area (Å²) in [4.78, 5) is 10.5. The summed E-state index contributed by atoms with van der Waals surface area (Å²) in [5, 5.41) is 0. The van der Waals surface area contributed by atoms with Gasteiger partial charge in [-0.1, -0.05) is 12.1 Å². The summed E-state index contributed by atoms with van der Waals surface area (Å²) in [5.74, 6) is 0.100. The molecule has 1 rings (SSSR count). The van der Waals surface area contributed by atoms with Crippen molar-refractivity contribution in [3.05, 3.63) is 35.6 Å². The fourth-order valence-electron chi connectivity index (χ4n) is 1.05. The van der Waals surface area contributed by atoms with Gasteiger partial charge in [-0.15, -0.1) is 0 Å². The lowest BCUT2D eigenvalue weighted by atomic mass is 10.2. The Labute approximate surface area is 98.4 Å². The molecule has 0 aromatic heterocycles. The van der Waals surface area contributed by atoms with Crippen molar-refractivity contribution in [2.75, 3.05) is 7.11 Å². The minimum absolute atomic E-state index is 0.0327. The maximum atomic E-state index is 10.5. The molecule has 0 heterocycles. The molecule has 0 saturated carbocycles. The average molecular weight is 258 g/mol. The minimum atomic E-state index is -4.52. The molecule has 1 N–H and O–H groups in total. The number of aldehydes is 1. The summed E-state index contributed by atoms with van der Waals surface area (Å²) >= 11 is 0. The molecule has 1 aromatic rings. The third kappa shape index (κ3) is 4.66. The second-order valence-electron chi connectivity index (χ2n) is 2.95. The molecule has 0 saturated heterocycles. The number of hydrogen-bond donors (Lipinski definition) is 1. The predicted molar refractivity (Wildman–Crippen MR) is 59.7 cm³/mol. The summed E-state index contributed by atoms with van der Waals surface area (Å²) in [6, 6.07) is 5.67. The van der Waals surface area contributed by atoms with Gasteiger partial charge in [-0.25, -0.2) is 0 Å². The van der Waals surface area contributed by atoms with Crippen LogP contribution in [-0.2, 0) is 19.9 Å². The fourth-order valence-corrected chi connectivity index (χ4v) is 1.40. The molecule has 0 aliphatic carbocycles. The van der Waals surface area contributed by atoms with Gasteiger partial charge in [0.15, 0.2) is 12.0 Å². The maximum Gasteiger partial charge on any atom is 0.446 e. The Hall–Kier alpha value is -1.86. The van der Waals surface area contributed by atoms with Crippen LogP contribution >= 0.6 is 0 Å². The highest BCUT2D eigenvalue weighted by molar-refractivity contribution is 7.81. The SMILES string of the molecule is COC(C=O)=Cc1ccc(OS(=O)(=O)O)cc1. The second-order valence-corrected chi connectivity index (χ2v) is 3.97. The van der Waals surface area contributed by atoms with Gasteiger partial charge in [0.1, 0.15) is 5.75 Å². The van der Waals surface area contributed by atoms with Crippen LogP contribution in [-0.4, -0.2) is 26.4 Å². The number of rotatable bonds is 5. The fraction of sp³-hybridized carbons (Fsp3) is 0.100. The van der Waals surface area contributed by atoms with E-state index in [-0.39, 0.29) is 11.5 Å². The molecule has 0 fully saturated rings. The lowest BCUT2D eigenvalue weighted by Crippen LogP contribution is -2.06. The number of carbonyl (C=O) groups is 1. The minimum Gasteiger partial charge on any atom is -0.493 e. The van der Waals surface area contributed by atoms with E-state index in [1.165, 1.54) is 37.5 Å². The molecule has 0 aliphatic heterocycles. The number of carbonyl (C=O) groups excluding carboxylic acids is 1. The monoisotopic (exact) mass is 258 g/mol. The largest absolute Gasteiger partial charge is 0.493 e. The summed E-state index contributed by atoms with van der Waals surface area (Å²) in [5.41, 5.74) is 0.622. The molecule has 6 nitrogen and oxygen atoms in total. The smallest absolute Gasteiger partial charge is 0.446 e. The Kier molecular flexibility index (Phi) is 4.24. The molecule has 0 unspecified atom stereocenters. The van der Waals surface area contributed by atoms with Crippen LogP contribution in [0.2, 0.25) is 0 Å². The van der Waals surface area contributed by atoms with Crippen molar-refractivity contribution in [2.24, 2.45) is 0 Å².